The molecule has 0 saturated heterocycles. The van der Waals surface area contributed by atoms with Crippen LogP contribution in [0.25, 0.3) is 72.5 Å². The Morgan fingerprint density at radius 3 is 1.63 bits per heavy atom. The Bertz CT molecular complexity index is 3750. The van der Waals surface area contributed by atoms with E-state index in [-0.39, 0.29) is 5.41 Å². The fraction of sp³-hybridized carbons (Fsp3) is 0.0952. The maximum absolute atomic E-state index is 5.28. The summed E-state index contributed by atoms with van der Waals surface area (Å²) in [6, 6.07) is 76.3. The average Bonchev–Trinajstić information content (AvgIpc) is 4.07. The second-order valence-corrected chi connectivity index (χ2v) is 19.4. The van der Waals surface area contributed by atoms with E-state index in [0.717, 1.165) is 61.7 Å². The van der Waals surface area contributed by atoms with E-state index in [9.17, 15) is 0 Å². The Balaban J connectivity index is 1.06. The van der Waals surface area contributed by atoms with Gasteiger partial charge in [-0.3, -0.25) is 8.97 Å². The topological polar surface area (TPSA) is 25.5 Å². The number of benzene rings is 9. The minimum absolute atomic E-state index is 0.0856. The third-order valence-electron chi connectivity index (χ3n) is 14.5. The predicted molar refractivity (Wildman–Crippen MR) is 279 cm³/mol. The highest BCUT2D eigenvalue weighted by Gasteiger charge is 2.51. The van der Waals surface area contributed by atoms with Gasteiger partial charge in [0, 0.05) is 17.1 Å². The summed E-state index contributed by atoms with van der Waals surface area (Å²) < 4.78 is 4.60. The lowest BCUT2D eigenvalue weighted by atomic mass is 9.70. The maximum Gasteiger partial charge on any atom is 0.220 e. The molecule has 9 aromatic carbocycles. The molecule has 2 aliphatic carbocycles. The Labute approximate surface area is 391 Å². The minimum Gasteiger partial charge on any atom is -0.310 e. The van der Waals surface area contributed by atoms with Crippen LogP contribution in [-0.2, 0) is 10.8 Å². The summed E-state index contributed by atoms with van der Waals surface area (Å²) in [5.74, 6) is 0.872. The van der Waals surface area contributed by atoms with E-state index in [2.05, 4.69) is 254 Å². The van der Waals surface area contributed by atoms with Gasteiger partial charge in [0.2, 0.25) is 5.78 Å². The molecule has 0 radical (unpaired) electrons. The number of fused-ring (bicyclic) bond motifs is 15. The van der Waals surface area contributed by atoms with Crippen LogP contribution in [0.3, 0.4) is 0 Å². The zero-order valence-electron chi connectivity index (χ0n) is 38.1. The van der Waals surface area contributed by atoms with Crippen molar-refractivity contribution in [1.29, 1.82) is 0 Å². The van der Waals surface area contributed by atoms with Gasteiger partial charge in [0.15, 0.2) is 0 Å². The number of allylic oxidation sites excluding steroid dienone is 1. The predicted octanol–water partition coefficient (Wildman–Crippen LogP) is 16.2. The third-order valence-corrected chi connectivity index (χ3v) is 14.5. The van der Waals surface area contributed by atoms with E-state index >= 15 is 0 Å². The van der Waals surface area contributed by atoms with Gasteiger partial charge in [-0.15, -0.1) is 0 Å². The minimum atomic E-state index is -0.479. The molecule has 2 heterocycles. The molecule has 13 rings (SSSR count). The summed E-state index contributed by atoms with van der Waals surface area (Å²) in [6.07, 6.45) is 0. The number of nitrogens with zero attached hydrogens (tertiary/aromatic N) is 4. The van der Waals surface area contributed by atoms with Gasteiger partial charge in [-0.1, -0.05) is 172 Å². The summed E-state index contributed by atoms with van der Waals surface area (Å²) in [4.78, 5) is 7.72. The highest BCUT2D eigenvalue weighted by molar-refractivity contribution is 5.97. The van der Waals surface area contributed by atoms with Crippen molar-refractivity contribution in [2.75, 3.05) is 4.90 Å². The van der Waals surface area contributed by atoms with Crippen molar-refractivity contribution in [1.82, 2.24) is 14.0 Å². The molecule has 0 atom stereocenters. The molecule has 4 heteroatoms. The second-order valence-electron chi connectivity index (χ2n) is 19.4. The summed E-state index contributed by atoms with van der Waals surface area (Å²) in [5, 5.41) is 0. The van der Waals surface area contributed by atoms with Crippen LogP contribution in [0.2, 0.25) is 0 Å². The molecule has 0 bridgehead atoms. The molecule has 2 aromatic heterocycles. The maximum atomic E-state index is 5.28. The van der Waals surface area contributed by atoms with Gasteiger partial charge >= 0.3 is 0 Å². The number of rotatable bonds is 6. The van der Waals surface area contributed by atoms with Crippen LogP contribution in [-0.4, -0.2) is 14.0 Å². The number of para-hydroxylation sites is 4. The molecule has 2 aliphatic rings. The number of imidazole rings is 2. The lowest BCUT2D eigenvalue weighted by Crippen LogP contribution is -2.26. The first kappa shape index (κ1) is 39.2. The Kier molecular flexibility index (Phi) is 8.42. The molecule has 320 valence electrons. The lowest BCUT2D eigenvalue weighted by Gasteiger charge is -2.32. The van der Waals surface area contributed by atoms with Gasteiger partial charge < -0.3 is 4.90 Å². The van der Waals surface area contributed by atoms with E-state index in [0.29, 0.717) is 0 Å². The van der Waals surface area contributed by atoms with Crippen LogP contribution >= 0.6 is 0 Å². The lowest BCUT2D eigenvalue weighted by molar-refractivity contribution is 0.590. The zero-order chi connectivity index (χ0) is 45.2. The molecule has 67 heavy (non-hydrogen) atoms. The van der Waals surface area contributed by atoms with E-state index in [4.69, 9.17) is 4.98 Å². The summed E-state index contributed by atoms with van der Waals surface area (Å²) in [5.41, 5.74) is 24.2. The summed E-state index contributed by atoms with van der Waals surface area (Å²) in [7, 11) is 0. The standard InChI is InChI=1S/C63H48N4/c1-40(2)43-36-47(38-48(37-43)66-59-24-14-15-25-60(59)67-58-23-13-12-22-57(58)64-61(66)67)65(45-32-28-42(29-33-45)41-26-30-44(31-27-41)62(3,4)5)46-34-35-52-51-18-8-11-21-55(51)63(56(52)39-46)53-19-9-6-16-49(53)50-17-7-10-20-54(50)63/h6-39H,1H2,2-5H3. The van der Waals surface area contributed by atoms with Crippen molar-refractivity contribution in [3.05, 3.63) is 246 Å². The summed E-state index contributed by atoms with van der Waals surface area (Å²) in [6.45, 7) is 13.4. The van der Waals surface area contributed by atoms with Crippen molar-refractivity contribution in [2.24, 2.45) is 0 Å². The van der Waals surface area contributed by atoms with Crippen molar-refractivity contribution >= 4 is 50.5 Å². The number of aromatic nitrogens is 3. The molecular formula is C63H48N4. The van der Waals surface area contributed by atoms with Gasteiger partial charge in [-0.2, -0.15) is 0 Å². The quantitative estimate of drug-likeness (QED) is 0.166. The Morgan fingerprint density at radius 1 is 0.493 bits per heavy atom. The third kappa shape index (κ3) is 5.69. The average molecular weight is 861 g/mol. The van der Waals surface area contributed by atoms with Gasteiger partial charge in [0.1, 0.15) is 0 Å². The first-order valence-corrected chi connectivity index (χ1v) is 23.3. The van der Waals surface area contributed by atoms with Crippen molar-refractivity contribution in [3.8, 4) is 39.1 Å². The molecule has 0 N–H and O–H groups in total. The van der Waals surface area contributed by atoms with Crippen molar-refractivity contribution in [3.63, 3.8) is 0 Å². The van der Waals surface area contributed by atoms with Crippen LogP contribution in [0.1, 0.15) is 61.1 Å². The summed E-state index contributed by atoms with van der Waals surface area (Å²) >= 11 is 0. The van der Waals surface area contributed by atoms with E-state index < -0.39 is 5.41 Å². The fourth-order valence-electron chi connectivity index (χ4n) is 11.3. The molecular weight excluding hydrogens is 813 g/mol. The number of hydrogen-bond donors (Lipinski definition) is 0. The van der Waals surface area contributed by atoms with Crippen LogP contribution < -0.4 is 4.90 Å². The Morgan fingerprint density at radius 2 is 1.01 bits per heavy atom. The van der Waals surface area contributed by atoms with Crippen molar-refractivity contribution in [2.45, 2.75) is 38.5 Å². The molecule has 0 aliphatic heterocycles. The highest BCUT2D eigenvalue weighted by Crippen LogP contribution is 2.63. The molecule has 4 nitrogen and oxygen atoms in total. The molecule has 0 saturated carbocycles. The molecule has 0 unspecified atom stereocenters. The highest BCUT2D eigenvalue weighted by atomic mass is 15.2. The molecule has 11 aromatic rings. The van der Waals surface area contributed by atoms with Gasteiger partial charge in [0.25, 0.3) is 0 Å². The first-order valence-electron chi connectivity index (χ1n) is 23.3. The van der Waals surface area contributed by atoms with Crippen LogP contribution in [0.4, 0.5) is 17.1 Å². The molecule has 0 amide bonds. The number of hydrogen-bond acceptors (Lipinski definition) is 2. The van der Waals surface area contributed by atoms with E-state index in [1.807, 2.05) is 0 Å². The van der Waals surface area contributed by atoms with Crippen LogP contribution in [0.15, 0.2) is 213 Å². The van der Waals surface area contributed by atoms with Gasteiger partial charge in [-0.25, -0.2) is 4.98 Å². The largest absolute Gasteiger partial charge is 0.310 e. The monoisotopic (exact) mass is 860 g/mol. The first-order chi connectivity index (χ1) is 32.7. The van der Waals surface area contributed by atoms with Gasteiger partial charge in [0.05, 0.1) is 33.2 Å². The second kappa shape index (κ2) is 14.4. The van der Waals surface area contributed by atoms with E-state index in [1.54, 1.807) is 0 Å². The Hall–Kier alpha value is -8.21. The van der Waals surface area contributed by atoms with Crippen LogP contribution in [0, 0.1) is 0 Å². The fourth-order valence-corrected chi connectivity index (χ4v) is 11.3. The van der Waals surface area contributed by atoms with Crippen molar-refractivity contribution < 1.29 is 0 Å². The molecule has 0 fully saturated rings. The SMILES string of the molecule is C=C(C)c1cc(N(c2ccc(-c3ccc(C(C)(C)C)cc3)cc2)c2ccc3c(c2)C2(c4ccccc4-c4ccccc42)c2ccccc2-3)cc(-n2c3ccccc3n3c4ccccc4nc23)c1. The van der Waals surface area contributed by atoms with E-state index in [1.165, 1.54) is 61.2 Å². The number of anilines is 3. The van der Waals surface area contributed by atoms with Crippen LogP contribution in [0.5, 0.6) is 0 Å². The van der Waals surface area contributed by atoms with Gasteiger partial charge in [-0.05, 0) is 146 Å². The zero-order valence-corrected chi connectivity index (χ0v) is 38.1. The molecule has 1 spiro atoms. The smallest absolute Gasteiger partial charge is 0.220 e. The normalized spacial score (nSPS) is 13.3.